The number of hydrogen-bond donors (Lipinski definition) is 0. The summed E-state index contributed by atoms with van der Waals surface area (Å²) in [4.78, 5) is 0. The van der Waals surface area contributed by atoms with Gasteiger partial charge in [-0.25, -0.2) is 0 Å². The van der Waals surface area contributed by atoms with E-state index in [1.54, 1.807) is 6.07 Å². The van der Waals surface area contributed by atoms with Gasteiger partial charge >= 0.3 is 7.12 Å². The number of hydrogen-bond acceptors (Lipinski definition) is 3. The van der Waals surface area contributed by atoms with Crippen molar-refractivity contribution >= 4 is 35.3 Å². The van der Waals surface area contributed by atoms with Gasteiger partial charge in [-0.2, -0.15) is 0 Å². The lowest BCUT2D eigenvalue weighted by atomic mass is 9.86. The van der Waals surface area contributed by atoms with Crippen LogP contribution in [-0.4, -0.2) is 18.3 Å². The van der Waals surface area contributed by atoms with Crippen LogP contribution in [0.4, 0.5) is 0 Å². The zero-order valence-electron chi connectivity index (χ0n) is 11.5. The van der Waals surface area contributed by atoms with Gasteiger partial charge in [-0.15, -0.1) is 0 Å². The molecule has 1 fully saturated rings. The van der Waals surface area contributed by atoms with Crippen molar-refractivity contribution in [1.29, 1.82) is 0 Å². The predicted octanol–water partition coefficient (Wildman–Crippen LogP) is 3.39. The molecule has 1 aliphatic heterocycles. The first-order valence-corrected chi connectivity index (χ1v) is 6.71. The molecule has 1 aliphatic rings. The molecule has 0 N–H and O–H groups in total. The minimum atomic E-state index is -0.492. The van der Waals surface area contributed by atoms with Crippen molar-refractivity contribution in [2.24, 2.45) is 0 Å². The Bertz CT molecular complexity index is 617. The first kappa shape index (κ1) is 13.0. The number of fused-ring (bicyclic) bond motifs is 1. The van der Waals surface area contributed by atoms with Crippen LogP contribution >= 0.6 is 11.6 Å². The molecule has 1 aromatic heterocycles. The molecule has 0 radical (unpaired) electrons. The molecule has 3 nitrogen and oxygen atoms in total. The van der Waals surface area contributed by atoms with Crippen LogP contribution < -0.4 is 5.66 Å². The average molecular weight is 279 g/mol. The molecule has 0 aliphatic carbocycles. The van der Waals surface area contributed by atoms with Gasteiger partial charge in [0.05, 0.1) is 16.2 Å². The van der Waals surface area contributed by atoms with Gasteiger partial charge in [-0.1, -0.05) is 23.7 Å². The van der Waals surface area contributed by atoms with Gasteiger partial charge in [0.1, 0.15) is 5.66 Å². The third kappa shape index (κ3) is 1.99. The summed E-state index contributed by atoms with van der Waals surface area (Å²) in [6, 6.07) is 7.58. The Balaban J connectivity index is 2.01. The second-order valence-electron chi connectivity index (χ2n) is 5.90. The number of para-hydroxylation sites is 1. The molecule has 2 aromatic rings. The first-order valence-electron chi connectivity index (χ1n) is 6.34. The van der Waals surface area contributed by atoms with Gasteiger partial charge < -0.3 is 13.7 Å². The van der Waals surface area contributed by atoms with Crippen molar-refractivity contribution in [2.45, 2.75) is 38.9 Å². The molecule has 0 unspecified atom stereocenters. The molecular formula is C14H16BClO3. The molecule has 0 saturated carbocycles. The summed E-state index contributed by atoms with van der Waals surface area (Å²) in [7, 11) is -0.492. The van der Waals surface area contributed by atoms with Crippen LogP contribution in [0.15, 0.2) is 28.7 Å². The summed E-state index contributed by atoms with van der Waals surface area (Å²) in [6.45, 7) is 8.07. The third-order valence-electron chi connectivity index (χ3n) is 4.00. The van der Waals surface area contributed by atoms with Crippen LogP contribution in [0, 0.1) is 0 Å². The molecule has 5 heteroatoms. The van der Waals surface area contributed by atoms with Gasteiger partial charge in [-0.3, -0.25) is 0 Å². The van der Waals surface area contributed by atoms with E-state index in [9.17, 15) is 0 Å². The smallest absolute Gasteiger partial charge is 0.463 e. The van der Waals surface area contributed by atoms with Crippen molar-refractivity contribution < 1.29 is 13.7 Å². The molecule has 100 valence electrons. The molecule has 0 atom stereocenters. The van der Waals surface area contributed by atoms with Crippen molar-refractivity contribution in [3.63, 3.8) is 0 Å². The Morgan fingerprint density at radius 2 is 1.68 bits per heavy atom. The number of benzene rings is 1. The Morgan fingerprint density at radius 3 is 2.26 bits per heavy atom. The lowest BCUT2D eigenvalue weighted by Gasteiger charge is -2.32. The minimum absolute atomic E-state index is 0.375. The molecule has 0 bridgehead atoms. The van der Waals surface area contributed by atoms with Crippen LogP contribution in [0.3, 0.4) is 0 Å². The normalized spacial score (nSPS) is 21.2. The maximum absolute atomic E-state index is 6.11. The molecular weight excluding hydrogens is 262 g/mol. The van der Waals surface area contributed by atoms with Crippen LogP contribution in [-0.2, 0) is 9.31 Å². The van der Waals surface area contributed by atoms with E-state index in [4.69, 9.17) is 25.3 Å². The van der Waals surface area contributed by atoms with E-state index in [-0.39, 0.29) is 11.2 Å². The van der Waals surface area contributed by atoms with E-state index in [2.05, 4.69) is 0 Å². The van der Waals surface area contributed by atoms with Crippen LogP contribution in [0.5, 0.6) is 0 Å². The van der Waals surface area contributed by atoms with Gasteiger partial charge in [0.15, 0.2) is 5.58 Å². The van der Waals surface area contributed by atoms with Gasteiger partial charge in [0, 0.05) is 5.39 Å². The number of rotatable bonds is 1. The first-order chi connectivity index (χ1) is 8.80. The zero-order valence-corrected chi connectivity index (χ0v) is 12.2. The second kappa shape index (κ2) is 4.01. The van der Waals surface area contributed by atoms with E-state index in [1.807, 2.05) is 45.9 Å². The third-order valence-corrected chi connectivity index (χ3v) is 4.30. The molecule has 1 saturated heterocycles. The Morgan fingerprint density at radius 1 is 1.05 bits per heavy atom. The van der Waals surface area contributed by atoms with E-state index < -0.39 is 7.12 Å². The summed E-state index contributed by atoms with van der Waals surface area (Å²) in [5, 5.41) is 1.55. The summed E-state index contributed by atoms with van der Waals surface area (Å²) < 4.78 is 17.7. The Kier molecular flexibility index (Phi) is 2.75. The molecule has 2 heterocycles. The molecule has 3 rings (SSSR count). The van der Waals surface area contributed by atoms with Gasteiger partial charge in [0.2, 0.25) is 0 Å². The lowest BCUT2D eigenvalue weighted by Crippen LogP contribution is -2.41. The highest BCUT2D eigenvalue weighted by molar-refractivity contribution is 6.61. The Hall–Kier alpha value is -0.965. The van der Waals surface area contributed by atoms with Crippen LogP contribution in [0.1, 0.15) is 27.7 Å². The van der Waals surface area contributed by atoms with Crippen molar-refractivity contribution in [1.82, 2.24) is 0 Å². The summed E-state index contributed by atoms with van der Waals surface area (Å²) >= 11 is 6.11. The molecule has 0 spiro atoms. The number of halogens is 1. The minimum Gasteiger partial charge on any atom is -0.463 e. The SMILES string of the molecule is CC1(C)OB(c2cc3cccc(Cl)c3o2)OC1(C)C. The number of furan rings is 1. The highest BCUT2D eigenvalue weighted by atomic mass is 35.5. The van der Waals surface area contributed by atoms with Gasteiger partial charge in [-0.05, 0) is 39.8 Å². The van der Waals surface area contributed by atoms with Crippen molar-refractivity contribution in [2.75, 3.05) is 0 Å². The second-order valence-corrected chi connectivity index (χ2v) is 6.30. The largest absolute Gasteiger partial charge is 0.532 e. The predicted molar refractivity (Wildman–Crippen MR) is 76.9 cm³/mol. The zero-order chi connectivity index (χ0) is 13.8. The highest BCUT2D eigenvalue weighted by Crippen LogP contribution is 2.37. The fourth-order valence-electron chi connectivity index (χ4n) is 2.12. The fourth-order valence-corrected chi connectivity index (χ4v) is 2.34. The maximum Gasteiger partial charge on any atom is 0.532 e. The average Bonchev–Trinajstić information content (AvgIpc) is 2.80. The van der Waals surface area contributed by atoms with E-state index in [0.717, 1.165) is 5.39 Å². The fraction of sp³-hybridized carbons (Fsp3) is 0.429. The molecule has 1 aromatic carbocycles. The van der Waals surface area contributed by atoms with E-state index >= 15 is 0 Å². The topological polar surface area (TPSA) is 31.6 Å². The standard InChI is InChI=1S/C14H16BClO3/c1-13(2)14(3,4)19-15(18-13)11-8-9-6-5-7-10(16)12(9)17-11/h5-8H,1-4H3. The lowest BCUT2D eigenvalue weighted by molar-refractivity contribution is 0.00578. The van der Waals surface area contributed by atoms with Crippen molar-refractivity contribution in [3.8, 4) is 0 Å². The quantitative estimate of drug-likeness (QED) is 0.749. The summed E-state index contributed by atoms with van der Waals surface area (Å²) in [5.41, 5.74) is 0.580. The van der Waals surface area contributed by atoms with E-state index in [0.29, 0.717) is 16.3 Å². The molecule has 19 heavy (non-hydrogen) atoms. The molecule has 0 amide bonds. The van der Waals surface area contributed by atoms with Crippen LogP contribution in [0.25, 0.3) is 11.0 Å². The summed E-state index contributed by atoms with van der Waals surface area (Å²) in [5.74, 6) is 0. The van der Waals surface area contributed by atoms with Crippen LogP contribution in [0.2, 0.25) is 5.02 Å². The monoisotopic (exact) mass is 278 g/mol. The Labute approximate surface area is 118 Å². The highest BCUT2D eigenvalue weighted by Gasteiger charge is 2.53. The summed E-state index contributed by atoms with van der Waals surface area (Å²) in [6.07, 6.45) is 0. The van der Waals surface area contributed by atoms with Crippen molar-refractivity contribution in [3.05, 3.63) is 29.3 Å². The maximum atomic E-state index is 6.11. The van der Waals surface area contributed by atoms with Gasteiger partial charge in [0.25, 0.3) is 0 Å². The van der Waals surface area contributed by atoms with E-state index in [1.165, 1.54) is 0 Å².